The molecule has 0 fully saturated rings. The molecular weight excluding hydrogens is 439 g/mol. The van der Waals surface area contributed by atoms with Gasteiger partial charge in [0, 0.05) is 19.2 Å². The molecule has 0 aliphatic carbocycles. The van der Waals surface area contributed by atoms with Gasteiger partial charge in [-0.15, -0.1) is 24.0 Å². The van der Waals surface area contributed by atoms with Gasteiger partial charge in [0.05, 0.1) is 6.54 Å². The fourth-order valence-corrected chi connectivity index (χ4v) is 2.12. The van der Waals surface area contributed by atoms with Crippen LogP contribution >= 0.6 is 24.0 Å². The highest BCUT2D eigenvalue weighted by Crippen LogP contribution is 2.11. The Balaban J connectivity index is 0.00000312. The number of benzene rings is 2. The molecule has 0 heterocycles. The minimum atomic E-state index is -0.470. The van der Waals surface area contributed by atoms with Gasteiger partial charge in [0.15, 0.2) is 5.96 Å². The second-order valence-corrected chi connectivity index (χ2v) is 5.25. The molecule has 2 aromatic rings. The lowest BCUT2D eigenvalue weighted by atomic mass is 10.2. The summed E-state index contributed by atoms with van der Waals surface area (Å²) in [5, 5.41) is 5.99. The number of aliphatic imine (C=N–C) groups is 1. The molecule has 136 valence electrons. The minimum absolute atomic E-state index is 0. The van der Waals surface area contributed by atoms with Gasteiger partial charge in [-0.1, -0.05) is 12.1 Å². The Bertz CT molecular complexity index is 710. The predicted octanol–water partition coefficient (Wildman–Crippen LogP) is 3.64. The van der Waals surface area contributed by atoms with Crippen LogP contribution in [0.15, 0.2) is 47.5 Å². The first-order chi connectivity index (χ1) is 11.6. The van der Waals surface area contributed by atoms with Crippen molar-refractivity contribution in [2.45, 2.75) is 13.5 Å². The molecule has 2 N–H and O–H groups in total. The lowest BCUT2D eigenvalue weighted by molar-refractivity contribution is 0.321. The predicted molar refractivity (Wildman–Crippen MR) is 107 cm³/mol. The molecule has 0 aliphatic rings. The summed E-state index contributed by atoms with van der Waals surface area (Å²) >= 11 is 0. The largest absolute Gasteiger partial charge is 0.492 e. The van der Waals surface area contributed by atoms with Gasteiger partial charge in [-0.05, 0) is 42.8 Å². The standard InChI is InChI=1S/C18H21F2N3O.HI/c1-13-4-3-5-16(10-13)24-9-8-22-18(21-2)23-12-14-11-15(19)6-7-17(14)20;/h3-7,10-11H,8-9,12H2,1-2H3,(H2,21,22,23);1H. The highest BCUT2D eigenvalue weighted by Gasteiger charge is 2.05. The number of hydrogen-bond acceptors (Lipinski definition) is 2. The molecule has 0 saturated heterocycles. The van der Waals surface area contributed by atoms with Crippen LogP contribution < -0.4 is 15.4 Å². The van der Waals surface area contributed by atoms with Crippen LogP contribution in [0.1, 0.15) is 11.1 Å². The van der Waals surface area contributed by atoms with Crippen LogP contribution in [0.25, 0.3) is 0 Å². The SMILES string of the molecule is CN=C(NCCOc1cccc(C)c1)NCc1cc(F)ccc1F.I. The number of guanidine groups is 1. The molecule has 0 atom stereocenters. The Morgan fingerprint density at radius 1 is 1.12 bits per heavy atom. The van der Waals surface area contributed by atoms with Crippen molar-refractivity contribution >= 4 is 29.9 Å². The average Bonchev–Trinajstić information content (AvgIpc) is 2.57. The monoisotopic (exact) mass is 461 g/mol. The average molecular weight is 461 g/mol. The smallest absolute Gasteiger partial charge is 0.191 e. The summed E-state index contributed by atoms with van der Waals surface area (Å²) in [7, 11) is 1.61. The highest BCUT2D eigenvalue weighted by atomic mass is 127. The molecule has 4 nitrogen and oxygen atoms in total. The summed E-state index contributed by atoms with van der Waals surface area (Å²) < 4.78 is 32.3. The summed E-state index contributed by atoms with van der Waals surface area (Å²) in [5.41, 5.74) is 1.38. The van der Waals surface area contributed by atoms with Gasteiger partial charge in [0.25, 0.3) is 0 Å². The van der Waals surface area contributed by atoms with Crippen LogP contribution in [0.3, 0.4) is 0 Å². The molecule has 7 heteroatoms. The van der Waals surface area contributed by atoms with Crippen molar-refractivity contribution in [1.29, 1.82) is 0 Å². The summed E-state index contributed by atoms with van der Waals surface area (Å²) in [6.07, 6.45) is 0. The van der Waals surface area contributed by atoms with Crippen molar-refractivity contribution in [3.8, 4) is 5.75 Å². The van der Waals surface area contributed by atoms with E-state index in [1.54, 1.807) is 7.05 Å². The number of halogens is 3. The van der Waals surface area contributed by atoms with Gasteiger partial charge in [-0.25, -0.2) is 8.78 Å². The molecule has 0 radical (unpaired) electrons. The lowest BCUT2D eigenvalue weighted by Crippen LogP contribution is -2.39. The maximum atomic E-state index is 13.6. The maximum Gasteiger partial charge on any atom is 0.191 e. The molecule has 0 bridgehead atoms. The van der Waals surface area contributed by atoms with Crippen LogP contribution in [-0.2, 0) is 6.54 Å². The molecule has 25 heavy (non-hydrogen) atoms. The second-order valence-electron chi connectivity index (χ2n) is 5.25. The third kappa shape index (κ3) is 7.25. The highest BCUT2D eigenvalue weighted by molar-refractivity contribution is 14.0. The lowest BCUT2D eigenvalue weighted by Gasteiger charge is -2.13. The Hall–Kier alpha value is -1.90. The molecule has 0 amide bonds. The van der Waals surface area contributed by atoms with Crippen molar-refractivity contribution in [3.63, 3.8) is 0 Å². The third-order valence-corrected chi connectivity index (χ3v) is 3.33. The van der Waals surface area contributed by atoms with E-state index in [1.165, 1.54) is 0 Å². The molecule has 2 rings (SSSR count). The maximum absolute atomic E-state index is 13.6. The van der Waals surface area contributed by atoms with E-state index >= 15 is 0 Å². The number of nitrogens with one attached hydrogen (secondary N) is 2. The normalized spacial score (nSPS) is 10.8. The number of hydrogen-bond donors (Lipinski definition) is 2. The van der Waals surface area contributed by atoms with Crippen LogP contribution in [0.4, 0.5) is 8.78 Å². The molecule has 0 aromatic heterocycles. The van der Waals surface area contributed by atoms with Crippen LogP contribution in [0, 0.1) is 18.6 Å². The van der Waals surface area contributed by atoms with E-state index in [4.69, 9.17) is 4.74 Å². The number of aryl methyl sites for hydroxylation is 1. The van der Waals surface area contributed by atoms with Gasteiger partial charge >= 0.3 is 0 Å². The van der Waals surface area contributed by atoms with E-state index < -0.39 is 11.6 Å². The zero-order valence-corrected chi connectivity index (χ0v) is 16.5. The summed E-state index contributed by atoms with van der Waals surface area (Å²) in [5.74, 6) is 0.373. The topological polar surface area (TPSA) is 45.7 Å². The number of rotatable bonds is 6. The van der Waals surface area contributed by atoms with E-state index in [0.717, 1.165) is 29.5 Å². The first-order valence-corrected chi connectivity index (χ1v) is 7.66. The van der Waals surface area contributed by atoms with Crippen molar-refractivity contribution in [3.05, 3.63) is 65.2 Å². The zero-order chi connectivity index (χ0) is 17.4. The van der Waals surface area contributed by atoms with Gasteiger partial charge in [0.1, 0.15) is 24.0 Å². The Labute approximate surface area is 163 Å². The first-order valence-electron chi connectivity index (χ1n) is 7.66. The van der Waals surface area contributed by atoms with E-state index in [9.17, 15) is 8.78 Å². The summed E-state index contributed by atoms with van der Waals surface area (Å²) in [6.45, 7) is 3.13. The summed E-state index contributed by atoms with van der Waals surface area (Å²) in [4.78, 5) is 4.04. The van der Waals surface area contributed by atoms with E-state index in [-0.39, 0.29) is 36.1 Å². The summed E-state index contributed by atoms with van der Waals surface area (Å²) in [6, 6.07) is 11.2. The number of nitrogens with zero attached hydrogens (tertiary/aromatic N) is 1. The van der Waals surface area contributed by atoms with Gasteiger partial charge in [-0.3, -0.25) is 4.99 Å². The molecule has 0 saturated carbocycles. The van der Waals surface area contributed by atoms with Crippen molar-refractivity contribution < 1.29 is 13.5 Å². The van der Waals surface area contributed by atoms with Gasteiger partial charge < -0.3 is 15.4 Å². The Morgan fingerprint density at radius 2 is 1.92 bits per heavy atom. The van der Waals surface area contributed by atoms with Crippen LogP contribution in [0.5, 0.6) is 5.75 Å². The fourth-order valence-electron chi connectivity index (χ4n) is 2.12. The van der Waals surface area contributed by atoms with E-state index in [2.05, 4.69) is 15.6 Å². The van der Waals surface area contributed by atoms with E-state index in [0.29, 0.717) is 19.1 Å². The van der Waals surface area contributed by atoms with Crippen molar-refractivity contribution in [2.75, 3.05) is 20.2 Å². The van der Waals surface area contributed by atoms with Gasteiger partial charge in [-0.2, -0.15) is 0 Å². The Kier molecular flexibility index (Phi) is 9.18. The zero-order valence-electron chi connectivity index (χ0n) is 14.2. The first kappa shape index (κ1) is 21.1. The molecule has 0 spiro atoms. The quantitative estimate of drug-likeness (QED) is 0.299. The molecular formula is C18H22F2IN3O. The third-order valence-electron chi connectivity index (χ3n) is 3.33. The molecule has 0 unspecified atom stereocenters. The van der Waals surface area contributed by atoms with Crippen molar-refractivity contribution in [1.82, 2.24) is 10.6 Å². The molecule has 0 aliphatic heterocycles. The Morgan fingerprint density at radius 3 is 2.64 bits per heavy atom. The minimum Gasteiger partial charge on any atom is -0.492 e. The molecule has 2 aromatic carbocycles. The van der Waals surface area contributed by atoms with Gasteiger partial charge in [0.2, 0.25) is 0 Å². The fraction of sp³-hybridized carbons (Fsp3) is 0.278. The van der Waals surface area contributed by atoms with Crippen LogP contribution in [0.2, 0.25) is 0 Å². The second kappa shape index (κ2) is 10.9. The van der Waals surface area contributed by atoms with Crippen molar-refractivity contribution in [2.24, 2.45) is 4.99 Å². The number of ether oxygens (including phenoxy) is 1. The van der Waals surface area contributed by atoms with Crippen LogP contribution in [-0.4, -0.2) is 26.2 Å². The van der Waals surface area contributed by atoms with E-state index in [1.807, 2.05) is 31.2 Å².